The number of carbonyl (C=O) groups excluding carboxylic acids is 1. The highest BCUT2D eigenvalue weighted by Gasteiger charge is 2.42. The number of H-pyrrole nitrogens is 1. The minimum absolute atomic E-state index is 0.0810. The van der Waals surface area contributed by atoms with Crippen molar-refractivity contribution in [3.63, 3.8) is 0 Å². The molecule has 1 aliphatic rings. The second-order valence-electron chi connectivity index (χ2n) is 6.26. The van der Waals surface area contributed by atoms with Gasteiger partial charge in [0.1, 0.15) is 0 Å². The molecule has 1 atom stereocenters. The number of aliphatic hydroxyl groups is 1. The van der Waals surface area contributed by atoms with E-state index in [-0.39, 0.29) is 11.9 Å². The molecule has 6 N–H and O–H groups in total. The van der Waals surface area contributed by atoms with Crippen molar-refractivity contribution in [3.05, 3.63) is 59.2 Å². The molecule has 0 fully saturated rings. The van der Waals surface area contributed by atoms with Crippen molar-refractivity contribution < 1.29 is 42.9 Å². The van der Waals surface area contributed by atoms with Crippen LogP contribution in [0.15, 0.2) is 42.5 Å². The van der Waals surface area contributed by atoms with Gasteiger partial charge in [0.2, 0.25) is 5.95 Å². The fourth-order valence-corrected chi connectivity index (χ4v) is 2.92. The van der Waals surface area contributed by atoms with Gasteiger partial charge in [0, 0.05) is 16.7 Å². The molecule has 0 spiro atoms. The molecule has 0 aliphatic carbocycles. The number of fused-ring (bicyclic) bond motifs is 2. The quantitative estimate of drug-likeness (QED) is 0.357. The van der Waals surface area contributed by atoms with Gasteiger partial charge in [-0.3, -0.25) is 10.1 Å². The number of nitrogens with zero attached hydrogens (tertiary/aromatic N) is 1. The molecule has 1 aliphatic heterocycles. The number of amides is 2. The zero-order valence-corrected chi connectivity index (χ0v) is 15.2. The zero-order valence-electron chi connectivity index (χ0n) is 15.2. The van der Waals surface area contributed by atoms with Gasteiger partial charge in [-0.15, -0.1) is 0 Å². The first-order valence-electron chi connectivity index (χ1n) is 8.36. The molecule has 2 amide bonds. The largest absolute Gasteiger partial charge is 0.490 e. The molecule has 0 saturated carbocycles. The van der Waals surface area contributed by atoms with Crippen LogP contribution >= 0.6 is 0 Å². The first-order chi connectivity index (χ1) is 14.4. The number of nitrogens with one attached hydrogen (secondary N) is 3. The molecule has 4 rings (SSSR count). The summed E-state index contributed by atoms with van der Waals surface area (Å²) >= 11 is 0. The number of imidazole rings is 1. The van der Waals surface area contributed by atoms with Crippen LogP contribution in [0.4, 0.5) is 23.9 Å². The SMILES string of the molecule is O=C(O)C(F)(F)F.O=C(O)Nc1nc2ccc(C3(O)NC(=O)c4ccccc43)cc2[nH]1. The Morgan fingerprint density at radius 2 is 1.74 bits per heavy atom. The number of aromatic amines is 1. The predicted molar refractivity (Wildman–Crippen MR) is 98.3 cm³/mol. The van der Waals surface area contributed by atoms with Crippen molar-refractivity contribution >= 4 is 35.0 Å². The molecule has 13 heteroatoms. The number of anilines is 1. The standard InChI is InChI=1S/C16H12N4O4.C2HF3O2/c21-13-9-3-1-2-4-10(9)16(24,20-13)8-5-6-11-12(7-8)18-14(17-11)19-15(22)23;3-2(4,5)1(6)7/h1-7,24H,(H,20,21)(H,22,23)(H2,17,18,19);(H,6,7). The van der Waals surface area contributed by atoms with Crippen LogP contribution < -0.4 is 10.6 Å². The second kappa shape index (κ2) is 7.60. The van der Waals surface area contributed by atoms with Crippen molar-refractivity contribution in [1.82, 2.24) is 15.3 Å². The number of halogens is 3. The molecule has 2 aromatic carbocycles. The average molecular weight is 438 g/mol. The topological polar surface area (TPSA) is 165 Å². The maximum atomic E-state index is 12.1. The van der Waals surface area contributed by atoms with E-state index in [0.29, 0.717) is 27.7 Å². The Kier molecular flexibility index (Phi) is 5.29. The van der Waals surface area contributed by atoms with E-state index in [1.807, 2.05) is 0 Å². The van der Waals surface area contributed by atoms with E-state index in [2.05, 4.69) is 20.6 Å². The Morgan fingerprint density at radius 3 is 2.35 bits per heavy atom. The summed E-state index contributed by atoms with van der Waals surface area (Å²) in [6.45, 7) is 0. The maximum absolute atomic E-state index is 12.1. The van der Waals surface area contributed by atoms with E-state index >= 15 is 0 Å². The van der Waals surface area contributed by atoms with Gasteiger partial charge in [-0.2, -0.15) is 13.2 Å². The molecule has 0 saturated heterocycles. The Hall–Kier alpha value is -4.13. The molecule has 162 valence electrons. The van der Waals surface area contributed by atoms with E-state index in [0.717, 1.165) is 0 Å². The number of benzene rings is 2. The fourth-order valence-electron chi connectivity index (χ4n) is 2.92. The van der Waals surface area contributed by atoms with Crippen LogP contribution in [-0.4, -0.2) is 49.4 Å². The molecule has 31 heavy (non-hydrogen) atoms. The van der Waals surface area contributed by atoms with Gasteiger partial charge >= 0.3 is 18.2 Å². The van der Waals surface area contributed by atoms with E-state index in [1.54, 1.807) is 42.5 Å². The van der Waals surface area contributed by atoms with Crippen molar-refractivity contribution in [2.75, 3.05) is 5.32 Å². The highest BCUT2D eigenvalue weighted by molar-refractivity contribution is 6.00. The summed E-state index contributed by atoms with van der Waals surface area (Å²) in [4.78, 5) is 38.6. The lowest BCUT2D eigenvalue weighted by Gasteiger charge is -2.24. The van der Waals surface area contributed by atoms with Gasteiger partial charge in [0.15, 0.2) is 5.72 Å². The molecule has 0 radical (unpaired) electrons. The van der Waals surface area contributed by atoms with Gasteiger partial charge in [-0.05, 0) is 18.2 Å². The van der Waals surface area contributed by atoms with E-state index in [4.69, 9.17) is 15.0 Å². The van der Waals surface area contributed by atoms with Gasteiger partial charge in [0.25, 0.3) is 5.91 Å². The number of hydrogen-bond acceptors (Lipinski definition) is 5. The van der Waals surface area contributed by atoms with E-state index in [9.17, 15) is 27.9 Å². The average Bonchev–Trinajstić information content (AvgIpc) is 3.19. The highest BCUT2D eigenvalue weighted by atomic mass is 19.4. The fraction of sp³-hybridized carbons (Fsp3) is 0.111. The first-order valence-corrected chi connectivity index (χ1v) is 8.36. The molecular formula is C18H13F3N4O6. The normalized spacial score (nSPS) is 17.4. The number of alkyl halides is 3. The Labute approximate surface area is 170 Å². The molecule has 1 unspecified atom stereocenters. The monoisotopic (exact) mass is 438 g/mol. The summed E-state index contributed by atoms with van der Waals surface area (Å²) in [5.74, 6) is -3.03. The third kappa shape index (κ3) is 4.25. The van der Waals surface area contributed by atoms with Gasteiger partial charge in [-0.1, -0.05) is 24.3 Å². The van der Waals surface area contributed by atoms with Crippen LogP contribution in [0.5, 0.6) is 0 Å². The van der Waals surface area contributed by atoms with E-state index < -0.39 is 24.0 Å². The van der Waals surface area contributed by atoms with Gasteiger partial charge in [-0.25, -0.2) is 14.6 Å². The van der Waals surface area contributed by atoms with Crippen LogP contribution in [0.3, 0.4) is 0 Å². The summed E-state index contributed by atoms with van der Waals surface area (Å²) in [6, 6.07) is 11.7. The number of aromatic nitrogens is 2. The van der Waals surface area contributed by atoms with Crippen LogP contribution in [0.25, 0.3) is 11.0 Å². The predicted octanol–water partition coefficient (Wildman–Crippen LogP) is 2.22. The smallest absolute Gasteiger partial charge is 0.475 e. The third-order valence-electron chi connectivity index (χ3n) is 4.22. The van der Waals surface area contributed by atoms with Crippen molar-refractivity contribution in [2.45, 2.75) is 11.9 Å². The van der Waals surface area contributed by atoms with Crippen molar-refractivity contribution in [3.8, 4) is 0 Å². The highest BCUT2D eigenvalue weighted by Crippen LogP contribution is 2.35. The zero-order chi connectivity index (χ0) is 23.0. The summed E-state index contributed by atoms with van der Waals surface area (Å²) in [7, 11) is 0. The lowest BCUT2D eigenvalue weighted by Crippen LogP contribution is -2.40. The molecule has 2 heterocycles. The minimum Gasteiger partial charge on any atom is -0.475 e. The number of rotatable bonds is 2. The molecular weight excluding hydrogens is 425 g/mol. The Balaban J connectivity index is 0.000000339. The second-order valence-corrected chi connectivity index (χ2v) is 6.26. The van der Waals surface area contributed by atoms with Crippen LogP contribution in [0.2, 0.25) is 0 Å². The van der Waals surface area contributed by atoms with Crippen LogP contribution in [0, 0.1) is 0 Å². The van der Waals surface area contributed by atoms with Crippen molar-refractivity contribution in [2.24, 2.45) is 0 Å². The number of carboxylic acid groups (broad SMARTS) is 2. The summed E-state index contributed by atoms with van der Waals surface area (Å²) in [5, 5.41) is 31.6. The lowest BCUT2D eigenvalue weighted by atomic mass is 9.94. The van der Waals surface area contributed by atoms with Gasteiger partial charge in [0.05, 0.1) is 11.0 Å². The minimum atomic E-state index is -5.08. The van der Waals surface area contributed by atoms with Crippen LogP contribution in [0.1, 0.15) is 21.5 Å². The number of aliphatic carboxylic acids is 1. The number of carbonyl (C=O) groups is 3. The van der Waals surface area contributed by atoms with Gasteiger partial charge < -0.3 is 25.6 Å². The summed E-state index contributed by atoms with van der Waals surface area (Å²) in [6.07, 6.45) is -6.31. The number of carboxylic acids is 1. The first kappa shape index (κ1) is 21.6. The molecule has 10 nitrogen and oxygen atoms in total. The lowest BCUT2D eigenvalue weighted by molar-refractivity contribution is -0.192. The summed E-state index contributed by atoms with van der Waals surface area (Å²) in [5.41, 5.74) is 0.745. The molecule has 1 aromatic heterocycles. The van der Waals surface area contributed by atoms with E-state index in [1.165, 1.54) is 0 Å². The Bertz CT molecular complexity index is 1190. The maximum Gasteiger partial charge on any atom is 0.490 e. The third-order valence-corrected chi connectivity index (χ3v) is 4.22. The number of hydrogen-bond donors (Lipinski definition) is 6. The molecule has 3 aromatic rings. The van der Waals surface area contributed by atoms with Crippen molar-refractivity contribution in [1.29, 1.82) is 0 Å². The molecule has 0 bridgehead atoms. The van der Waals surface area contributed by atoms with Crippen LogP contribution in [-0.2, 0) is 10.5 Å². The Morgan fingerprint density at radius 1 is 1.10 bits per heavy atom. The summed E-state index contributed by atoms with van der Waals surface area (Å²) < 4.78 is 31.7.